The minimum Gasteiger partial charge on any atom is -0.497 e. The quantitative estimate of drug-likeness (QED) is 0.421. The van der Waals surface area contributed by atoms with E-state index in [1.165, 1.54) is 0 Å². The van der Waals surface area contributed by atoms with E-state index in [0.29, 0.717) is 35.8 Å². The van der Waals surface area contributed by atoms with Crippen molar-refractivity contribution in [3.8, 4) is 22.1 Å². The van der Waals surface area contributed by atoms with Crippen molar-refractivity contribution in [2.75, 3.05) is 38.1 Å². The van der Waals surface area contributed by atoms with Crippen LogP contribution in [0.25, 0.3) is 10.6 Å². The minimum absolute atomic E-state index is 0.0560. The number of ether oxygens (including phenoxy) is 4. The van der Waals surface area contributed by atoms with E-state index in [0.717, 1.165) is 16.3 Å². The van der Waals surface area contributed by atoms with E-state index in [2.05, 4.69) is 25.9 Å². The lowest BCUT2D eigenvalue weighted by atomic mass is 10.1. The highest BCUT2D eigenvalue weighted by Crippen LogP contribution is 2.30. The van der Waals surface area contributed by atoms with E-state index >= 15 is 0 Å². The molecule has 11 heteroatoms. The Kier molecular flexibility index (Phi) is 6.77. The normalized spacial score (nSPS) is 23.2. The van der Waals surface area contributed by atoms with Crippen LogP contribution < -0.4 is 25.4 Å². The molecule has 0 spiro atoms. The number of hydrogen-bond acceptors (Lipinski definition) is 9. The number of hydrogen-bond donors (Lipinski definition) is 3. The second-order valence-electron chi connectivity index (χ2n) is 7.90. The summed E-state index contributed by atoms with van der Waals surface area (Å²) in [5.41, 5.74) is 1.65. The Morgan fingerprint density at radius 2 is 1.79 bits per heavy atom. The Balaban J connectivity index is 1.19. The molecule has 4 heterocycles. The van der Waals surface area contributed by atoms with E-state index < -0.39 is 0 Å². The molecule has 3 N–H and O–H groups in total. The van der Waals surface area contributed by atoms with E-state index in [1.807, 2.05) is 35.7 Å². The van der Waals surface area contributed by atoms with Gasteiger partial charge in [-0.15, -0.1) is 11.3 Å². The molecular weight excluding hydrogens is 474 g/mol. The molecule has 4 atom stereocenters. The molecule has 2 saturated heterocycles. The molecule has 0 amide bonds. The molecule has 0 radical (unpaired) electrons. The number of thiocarbonyl (C=S) groups is 1. The van der Waals surface area contributed by atoms with Gasteiger partial charge in [-0.05, 0) is 29.7 Å². The molecule has 2 aliphatic rings. The van der Waals surface area contributed by atoms with Gasteiger partial charge in [0.05, 0.1) is 50.1 Å². The van der Waals surface area contributed by atoms with Crippen LogP contribution in [-0.4, -0.2) is 66.8 Å². The Morgan fingerprint density at radius 1 is 1.06 bits per heavy atom. The van der Waals surface area contributed by atoms with Gasteiger partial charge in [0.15, 0.2) is 5.11 Å². The van der Waals surface area contributed by atoms with Gasteiger partial charge in [-0.25, -0.2) is 9.97 Å². The van der Waals surface area contributed by atoms with Gasteiger partial charge in [0.2, 0.25) is 5.95 Å². The molecule has 2 aromatic heterocycles. The van der Waals surface area contributed by atoms with Gasteiger partial charge in [0.25, 0.3) is 0 Å². The van der Waals surface area contributed by atoms with Crippen LogP contribution >= 0.6 is 23.6 Å². The third kappa shape index (κ3) is 4.92. The number of aromatic nitrogens is 2. The van der Waals surface area contributed by atoms with Crippen LogP contribution in [0.15, 0.2) is 48.0 Å². The highest BCUT2D eigenvalue weighted by molar-refractivity contribution is 7.80. The van der Waals surface area contributed by atoms with Crippen LogP contribution in [0.2, 0.25) is 0 Å². The van der Waals surface area contributed by atoms with Crippen LogP contribution in [0.4, 0.5) is 11.6 Å². The molecule has 2 fully saturated rings. The smallest absolute Gasteiger partial charge is 0.223 e. The first-order chi connectivity index (χ1) is 16.6. The molecule has 34 heavy (non-hydrogen) atoms. The fourth-order valence-corrected chi connectivity index (χ4v) is 5.08. The Hall–Kier alpha value is -2.99. The van der Waals surface area contributed by atoms with E-state index in [-0.39, 0.29) is 24.3 Å². The number of benzene rings is 1. The number of methoxy groups -OCH3 is 2. The topological polar surface area (TPSA) is 98.8 Å². The highest BCUT2D eigenvalue weighted by atomic mass is 32.1. The minimum atomic E-state index is -0.141. The Labute approximate surface area is 206 Å². The number of thiophene rings is 1. The predicted octanol–water partition coefficient (Wildman–Crippen LogP) is 3.16. The van der Waals surface area contributed by atoms with Crippen molar-refractivity contribution in [1.29, 1.82) is 0 Å². The predicted molar refractivity (Wildman–Crippen MR) is 135 cm³/mol. The highest BCUT2D eigenvalue weighted by Gasteiger charge is 2.48. The summed E-state index contributed by atoms with van der Waals surface area (Å²) >= 11 is 7.18. The molecule has 4 unspecified atom stereocenters. The average Bonchev–Trinajstić information content (AvgIpc) is 3.60. The molecular formula is C23H25N5O4S2. The number of nitrogens with zero attached hydrogens (tertiary/aromatic N) is 2. The number of anilines is 2. The van der Waals surface area contributed by atoms with Crippen molar-refractivity contribution in [3.63, 3.8) is 0 Å². The van der Waals surface area contributed by atoms with Crippen molar-refractivity contribution < 1.29 is 18.9 Å². The van der Waals surface area contributed by atoms with Crippen molar-refractivity contribution in [1.82, 2.24) is 15.3 Å². The summed E-state index contributed by atoms with van der Waals surface area (Å²) in [6, 6.07) is 11.3. The summed E-state index contributed by atoms with van der Waals surface area (Å²) in [5.74, 6) is 1.91. The van der Waals surface area contributed by atoms with Crippen molar-refractivity contribution in [2.24, 2.45) is 0 Å². The first-order valence-corrected chi connectivity index (χ1v) is 12.1. The summed E-state index contributed by atoms with van der Waals surface area (Å²) in [6.45, 7) is 0.972. The lowest BCUT2D eigenvalue weighted by Crippen LogP contribution is -2.46. The second kappa shape index (κ2) is 10.1. The Bertz CT molecular complexity index is 1120. The zero-order valence-corrected chi connectivity index (χ0v) is 20.3. The molecule has 2 aliphatic heterocycles. The molecule has 0 aliphatic carbocycles. The van der Waals surface area contributed by atoms with Gasteiger partial charge in [-0.3, -0.25) is 0 Å². The number of nitrogens with one attached hydrogen (secondary N) is 3. The average molecular weight is 500 g/mol. The summed E-state index contributed by atoms with van der Waals surface area (Å²) in [4.78, 5) is 10.1. The van der Waals surface area contributed by atoms with Crippen LogP contribution in [0, 0.1) is 0 Å². The Morgan fingerprint density at radius 3 is 2.50 bits per heavy atom. The summed E-state index contributed by atoms with van der Waals surface area (Å²) in [7, 11) is 3.22. The third-order valence-electron chi connectivity index (χ3n) is 5.72. The van der Waals surface area contributed by atoms with Crippen molar-refractivity contribution in [2.45, 2.75) is 24.3 Å². The molecule has 0 bridgehead atoms. The zero-order chi connectivity index (χ0) is 23.5. The molecule has 1 aromatic carbocycles. The van der Waals surface area contributed by atoms with Crippen LogP contribution in [0.5, 0.6) is 11.5 Å². The standard InChI is InChI=1S/C23H25N5O4S2/c1-29-14-8-13(9-15(10-14)30-2)25-23(33)28-18-12-32-20-17(11-31-21(18)20)27-22-24-6-5-16(26-22)19-4-3-7-34-19/h3-10,17-18,20-21H,11-12H2,1-2H3,(H,24,26,27)(H2,25,28,33). The van der Waals surface area contributed by atoms with Crippen LogP contribution in [-0.2, 0) is 9.47 Å². The van der Waals surface area contributed by atoms with Crippen LogP contribution in [0.1, 0.15) is 0 Å². The van der Waals surface area contributed by atoms with Gasteiger partial charge in [0.1, 0.15) is 23.7 Å². The number of rotatable bonds is 7. The monoisotopic (exact) mass is 499 g/mol. The lowest BCUT2D eigenvalue weighted by Gasteiger charge is -2.20. The van der Waals surface area contributed by atoms with Crippen molar-refractivity contribution >= 4 is 40.3 Å². The summed E-state index contributed by atoms with van der Waals surface area (Å²) < 4.78 is 22.8. The summed E-state index contributed by atoms with van der Waals surface area (Å²) in [6.07, 6.45) is 1.48. The van der Waals surface area contributed by atoms with E-state index in [4.69, 9.17) is 31.2 Å². The van der Waals surface area contributed by atoms with Gasteiger partial charge >= 0.3 is 0 Å². The van der Waals surface area contributed by atoms with E-state index in [9.17, 15) is 0 Å². The van der Waals surface area contributed by atoms with Gasteiger partial charge in [0, 0.05) is 30.1 Å². The zero-order valence-electron chi connectivity index (χ0n) is 18.7. The van der Waals surface area contributed by atoms with Crippen molar-refractivity contribution in [3.05, 3.63) is 48.0 Å². The fourth-order valence-electron chi connectivity index (χ4n) is 4.12. The molecule has 5 rings (SSSR count). The van der Waals surface area contributed by atoms with Gasteiger partial charge < -0.3 is 34.9 Å². The van der Waals surface area contributed by atoms with E-state index in [1.54, 1.807) is 37.8 Å². The maximum absolute atomic E-state index is 6.07. The third-order valence-corrected chi connectivity index (χ3v) is 6.84. The number of fused-ring (bicyclic) bond motifs is 1. The summed E-state index contributed by atoms with van der Waals surface area (Å²) in [5, 5.41) is 12.4. The van der Waals surface area contributed by atoms with Gasteiger partial charge in [-0.2, -0.15) is 0 Å². The molecule has 3 aromatic rings. The molecule has 178 valence electrons. The SMILES string of the molecule is COc1cc(NC(=S)NC2COC3C(Nc4nccc(-c5cccs5)n4)COC23)cc(OC)c1. The first kappa shape index (κ1) is 22.8. The first-order valence-electron chi connectivity index (χ1n) is 10.8. The largest absolute Gasteiger partial charge is 0.497 e. The lowest BCUT2D eigenvalue weighted by molar-refractivity contribution is 0.0689. The maximum Gasteiger partial charge on any atom is 0.223 e. The maximum atomic E-state index is 6.07. The van der Waals surface area contributed by atoms with Crippen LogP contribution in [0.3, 0.4) is 0 Å². The second-order valence-corrected chi connectivity index (χ2v) is 9.25. The molecule has 9 nitrogen and oxygen atoms in total. The molecule has 0 saturated carbocycles. The van der Waals surface area contributed by atoms with Gasteiger partial charge in [-0.1, -0.05) is 6.07 Å². The fraction of sp³-hybridized carbons (Fsp3) is 0.348.